The molecule has 166 valence electrons. The summed E-state index contributed by atoms with van der Waals surface area (Å²) in [5.74, 6) is -3.80. The minimum absolute atomic E-state index is 0.271. The van der Waals surface area contributed by atoms with Gasteiger partial charge in [0.1, 0.15) is 0 Å². The second kappa shape index (κ2) is 5.58. The summed E-state index contributed by atoms with van der Waals surface area (Å²) < 4.78 is 0. The van der Waals surface area contributed by atoms with Gasteiger partial charge < -0.3 is 0 Å². The Morgan fingerprint density at radius 2 is 0.514 bits per heavy atom. The number of imide groups is 3. The number of hydrogen-bond donors (Lipinski definition) is 3. The summed E-state index contributed by atoms with van der Waals surface area (Å²) in [4.78, 5) is 74.5. The van der Waals surface area contributed by atoms with Gasteiger partial charge in [-0.15, -0.1) is 0 Å². The quantitative estimate of drug-likeness (QED) is 0.298. The van der Waals surface area contributed by atoms with E-state index in [9.17, 15) is 28.8 Å². The van der Waals surface area contributed by atoms with Gasteiger partial charge in [0.25, 0.3) is 35.4 Å². The number of rotatable bonds is 0. The molecule has 0 radical (unpaired) electrons. The van der Waals surface area contributed by atoms with Crippen LogP contribution in [-0.2, 0) is 0 Å². The van der Waals surface area contributed by atoms with Gasteiger partial charge in [-0.05, 0) is 69.8 Å². The van der Waals surface area contributed by atoms with Crippen molar-refractivity contribution in [1.82, 2.24) is 16.0 Å². The van der Waals surface area contributed by atoms with Gasteiger partial charge in [0.2, 0.25) is 0 Å². The summed E-state index contributed by atoms with van der Waals surface area (Å²) in [6.45, 7) is 0. The number of amides is 6. The molecule has 0 atom stereocenters. The van der Waals surface area contributed by atoms with Crippen LogP contribution in [0.1, 0.15) is 107 Å². The van der Waals surface area contributed by atoms with Gasteiger partial charge in [-0.2, -0.15) is 0 Å². The maximum absolute atomic E-state index is 12.4. The van der Waals surface area contributed by atoms with E-state index in [0.717, 1.165) is 33.4 Å². The van der Waals surface area contributed by atoms with Gasteiger partial charge in [-0.1, -0.05) is 0 Å². The molecule has 2 bridgehead atoms. The summed E-state index contributed by atoms with van der Waals surface area (Å²) in [6, 6.07) is 10.2. The zero-order valence-electron chi connectivity index (χ0n) is 17.6. The molecule has 9 rings (SSSR count). The molecule has 0 spiro atoms. The normalized spacial score (nSPS) is 21.6. The van der Waals surface area contributed by atoms with Crippen molar-refractivity contribution in [2.45, 2.75) is 11.8 Å². The minimum atomic E-state index is -0.479. The second-order valence-corrected chi connectivity index (χ2v) is 9.30. The Morgan fingerprint density at radius 1 is 0.343 bits per heavy atom. The van der Waals surface area contributed by atoms with E-state index < -0.39 is 47.3 Å². The van der Waals surface area contributed by atoms with Gasteiger partial charge >= 0.3 is 0 Å². The molecule has 6 amide bonds. The van der Waals surface area contributed by atoms with E-state index in [0.29, 0.717) is 0 Å². The maximum Gasteiger partial charge on any atom is 0.258 e. The summed E-state index contributed by atoms with van der Waals surface area (Å²) in [5.41, 5.74) is 6.34. The molecule has 3 N–H and O–H groups in total. The van der Waals surface area contributed by atoms with Crippen LogP contribution in [0.4, 0.5) is 0 Å². The monoisotopic (exact) mass is 461 g/mol. The van der Waals surface area contributed by atoms with E-state index in [4.69, 9.17) is 0 Å². The molecule has 0 saturated carbocycles. The van der Waals surface area contributed by atoms with E-state index >= 15 is 0 Å². The van der Waals surface area contributed by atoms with Gasteiger partial charge in [0.15, 0.2) is 0 Å². The fourth-order valence-corrected chi connectivity index (χ4v) is 6.25. The third-order valence-corrected chi connectivity index (χ3v) is 7.68. The van der Waals surface area contributed by atoms with E-state index in [1.54, 1.807) is 36.4 Å². The first-order valence-corrected chi connectivity index (χ1v) is 10.9. The first-order valence-electron chi connectivity index (χ1n) is 10.9. The first kappa shape index (κ1) is 18.5. The molecular formula is C26H11N3O6. The smallest absolute Gasteiger partial charge is 0.258 e. The van der Waals surface area contributed by atoms with Crippen molar-refractivity contribution >= 4 is 35.4 Å². The molecule has 6 aliphatic rings. The fraction of sp³-hybridized carbons (Fsp3) is 0.0769. The van der Waals surface area contributed by atoms with Crippen LogP contribution >= 0.6 is 0 Å². The molecule has 3 aliphatic heterocycles. The molecule has 35 heavy (non-hydrogen) atoms. The standard InChI is InChI=1S/C26H11N3O6/c30-21-13-1-7-8(2-14(13)22(31)27-21)20-11-5-17-15(23(32)28-25(17)34)3-9(11)19(7)10-4-16-18(6-12(10)20)26(35)29-24(16)33/h1-6,19-20H,(H,27,30,31)(H,28,32,34)(H,29,33,35). The van der Waals surface area contributed by atoms with Crippen LogP contribution in [0.15, 0.2) is 36.4 Å². The SMILES string of the molecule is O=C1NC(=O)c2cc3c(cc21)C1c2cc4c(cc2C3c2cc3c(cc21)C(=O)NC3=O)C(=O)NC4=O. The Morgan fingerprint density at radius 3 is 0.686 bits per heavy atom. The lowest BCUT2D eigenvalue weighted by atomic mass is 9.59. The predicted molar refractivity (Wildman–Crippen MR) is 117 cm³/mol. The van der Waals surface area contributed by atoms with E-state index in [-0.39, 0.29) is 33.4 Å². The van der Waals surface area contributed by atoms with Gasteiger partial charge in [-0.25, -0.2) is 0 Å². The van der Waals surface area contributed by atoms with Crippen LogP contribution in [0.3, 0.4) is 0 Å². The highest BCUT2D eigenvalue weighted by Crippen LogP contribution is 2.57. The van der Waals surface area contributed by atoms with Crippen LogP contribution < -0.4 is 16.0 Å². The summed E-state index contributed by atoms with van der Waals surface area (Å²) in [6.07, 6.45) is 0. The zero-order chi connectivity index (χ0) is 23.9. The Hall–Kier alpha value is -4.92. The maximum atomic E-state index is 12.4. The summed E-state index contributed by atoms with van der Waals surface area (Å²) >= 11 is 0. The van der Waals surface area contributed by atoms with Crippen molar-refractivity contribution in [1.29, 1.82) is 0 Å². The number of fused-ring (bicyclic) bond motifs is 3. The van der Waals surface area contributed by atoms with Crippen LogP contribution in [0, 0.1) is 0 Å². The molecule has 0 unspecified atom stereocenters. The highest BCUT2D eigenvalue weighted by molar-refractivity contribution is 6.23. The van der Waals surface area contributed by atoms with Crippen LogP contribution in [0.5, 0.6) is 0 Å². The number of carbonyl (C=O) groups excluding carboxylic acids is 6. The van der Waals surface area contributed by atoms with E-state index in [2.05, 4.69) is 16.0 Å². The molecule has 0 aromatic heterocycles. The highest BCUT2D eigenvalue weighted by Gasteiger charge is 2.46. The Bertz CT molecular complexity index is 1420. The van der Waals surface area contributed by atoms with Gasteiger partial charge in [-0.3, -0.25) is 44.7 Å². The molecule has 0 saturated heterocycles. The lowest BCUT2D eigenvalue weighted by molar-refractivity contribution is 0.0863. The molecule has 3 aromatic carbocycles. The zero-order valence-corrected chi connectivity index (χ0v) is 17.6. The number of nitrogens with one attached hydrogen (secondary N) is 3. The van der Waals surface area contributed by atoms with Crippen LogP contribution in [-0.4, -0.2) is 35.4 Å². The minimum Gasteiger partial charge on any atom is -0.288 e. The third-order valence-electron chi connectivity index (χ3n) is 7.68. The Balaban J connectivity index is 1.48. The molecule has 3 heterocycles. The van der Waals surface area contributed by atoms with Crippen molar-refractivity contribution in [2.75, 3.05) is 0 Å². The molecule has 3 aliphatic carbocycles. The number of hydrogen-bond acceptors (Lipinski definition) is 6. The second-order valence-electron chi connectivity index (χ2n) is 9.30. The first-order chi connectivity index (χ1) is 16.8. The molecular weight excluding hydrogens is 450 g/mol. The summed E-state index contributed by atoms with van der Waals surface area (Å²) in [7, 11) is 0. The van der Waals surface area contributed by atoms with Crippen molar-refractivity contribution in [3.8, 4) is 0 Å². The molecule has 9 heteroatoms. The summed E-state index contributed by atoms with van der Waals surface area (Å²) in [5, 5.41) is 6.96. The largest absolute Gasteiger partial charge is 0.288 e. The van der Waals surface area contributed by atoms with Crippen molar-refractivity contribution in [3.05, 3.63) is 103 Å². The Labute approximate surface area is 195 Å². The third kappa shape index (κ3) is 2.01. The van der Waals surface area contributed by atoms with Gasteiger partial charge in [0, 0.05) is 11.8 Å². The fourth-order valence-electron chi connectivity index (χ4n) is 6.25. The molecule has 3 aromatic rings. The molecule has 0 fully saturated rings. The Kier molecular flexibility index (Phi) is 2.95. The average Bonchev–Trinajstić information content (AvgIpc) is 3.39. The van der Waals surface area contributed by atoms with E-state index in [1.165, 1.54) is 0 Å². The topological polar surface area (TPSA) is 139 Å². The number of benzene rings is 3. The number of carbonyl (C=O) groups is 6. The highest BCUT2D eigenvalue weighted by atomic mass is 16.2. The lowest BCUT2D eigenvalue weighted by Gasteiger charge is -2.42. The van der Waals surface area contributed by atoms with E-state index in [1.807, 2.05) is 0 Å². The van der Waals surface area contributed by atoms with Crippen molar-refractivity contribution in [3.63, 3.8) is 0 Å². The molecule has 9 nitrogen and oxygen atoms in total. The van der Waals surface area contributed by atoms with Crippen molar-refractivity contribution in [2.24, 2.45) is 0 Å². The van der Waals surface area contributed by atoms with Crippen LogP contribution in [0.25, 0.3) is 0 Å². The predicted octanol–water partition coefficient (Wildman–Crippen LogP) is 1.32. The van der Waals surface area contributed by atoms with Crippen LogP contribution in [0.2, 0.25) is 0 Å². The lowest BCUT2D eigenvalue weighted by Crippen LogP contribution is -2.29. The van der Waals surface area contributed by atoms with Crippen molar-refractivity contribution < 1.29 is 28.8 Å². The average molecular weight is 461 g/mol. The van der Waals surface area contributed by atoms with Gasteiger partial charge in [0.05, 0.1) is 33.4 Å².